The van der Waals surface area contributed by atoms with Gasteiger partial charge in [0, 0.05) is 23.1 Å². The van der Waals surface area contributed by atoms with Crippen LogP contribution < -0.4 is 10.1 Å². The lowest BCUT2D eigenvalue weighted by atomic mass is 10.0. The van der Waals surface area contributed by atoms with Crippen molar-refractivity contribution in [1.82, 2.24) is 10.2 Å². The summed E-state index contributed by atoms with van der Waals surface area (Å²) < 4.78 is 5.76. The first-order chi connectivity index (χ1) is 18.0. The second-order valence-corrected chi connectivity index (χ2v) is 9.28. The molecule has 0 aromatic heterocycles. The maximum atomic E-state index is 13.7. The number of hydrogen-bond acceptors (Lipinski definition) is 3. The van der Waals surface area contributed by atoms with Crippen LogP contribution in [0.3, 0.4) is 0 Å². The maximum Gasteiger partial charge on any atom is 0.261 e. The highest BCUT2D eigenvalue weighted by Crippen LogP contribution is 2.25. The first kappa shape index (κ1) is 26.3. The summed E-state index contributed by atoms with van der Waals surface area (Å²) >= 11 is 12.1. The summed E-state index contributed by atoms with van der Waals surface area (Å²) in [7, 11) is 0. The number of nitrogens with zero attached hydrogens (tertiary/aromatic N) is 1. The standard InChI is InChI=1S/C30H26Cl2N2O3/c31-25-15-11-22(12-16-25)19-33-30(36)29(24-7-3-1-4-8-24)34(20-23-13-17-26(32)18-14-23)28(35)21-37-27-9-5-2-6-10-27/h1-18,29H,19-21H2,(H,33,36). The van der Waals surface area contributed by atoms with E-state index in [1.165, 1.54) is 0 Å². The molecule has 1 unspecified atom stereocenters. The van der Waals surface area contributed by atoms with E-state index in [1.807, 2.05) is 72.8 Å². The molecular formula is C30H26Cl2N2O3. The van der Waals surface area contributed by atoms with Crippen LogP contribution in [0, 0.1) is 0 Å². The molecule has 7 heteroatoms. The Morgan fingerprint density at radius 3 is 1.86 bits per heavy atom. The number of benzene rings is 4. The van der Waals surface area contributed by atoms with Gasteiger partial charge in [0.25, 0.3) is 5.91 Å². The first-order valence-electron chi connectivity index (χ1n) is 11.8. The first-order valence-corrected chi connectivity index (χ1v) is 12.5. The molecule has 0 radical (unpaired) electrons. The number of carbonyl (C=O) groups excluding carboxylic acids is 2. The van der Waals surface area contributed by atoms with Crippen LogP contribution in [0.5, 0.6) is 5.75 Å². The van der Waals surface area contributed by atoms with Gasteiger partial charge in [-0.25, -0.2) is 0 Å². The van der Waals surface area contributed by atoms with E-state index in [2.05, 4.69) is 5.32 Å². The van der Waals surface area contributed by atoms with Gasteiger partial charge in [-0.05, 0) is 53.1 Å². The van der Waals surface area contributed by atoms with Crippen LogP contribution in [0.4, 0.5) is 0 Å². The monoisotopic (exact) mass is 532 g/mol. The van der Waals surface area contributed by atoms with Crippen molar-refractivity contribution in [3.8, 4) is 5.75 Å². The number of hydrogen-bond donors (Lipinski definition) is 1. The lowest BCUT2D eigenvalue weighted by Gasteiger charge is -2.31. The third-order valence-corrected chi connectivity index (χ3v) is 6.25. The van der Waals surface area contributed by atoms with E-state index < -0.39 is 6.04 Å². The minimum atomic E-state index is -0.879. The van der Waals surface area contributed by atoms with Gasteiger partial charge in [0.1, 0.15) is 11.8 Å². The Labute approximate surface area is 226 Å². The van der Waals surface area contributed by atoms with Crippen LogP contribution in [0.2, 0.25) is 10.0 Å². The molecule has 4 aromatic carbocycles. The smallest absolute Gasteiger partial charge is 0.261 e. The fraction of sp³-hybridized carbons (Fsp3) is 0.133. The van der Waals surface area contributed by atoms with Crippen LogP contribution in [-0.2, 0) is 22.7 Å². The van der Waals surface area contributed by atoms with Gasteiger partial charge in [0.05, 0.1) is 0 Å². The lowest BCUT2D eigenvalue weighted by molar-refractivity contribution is -0.143. The van der Waals surface area contributed by atoms with Crippen molar-refractivity contribution in [2.75, 3.05) is 6.61 Å². The van der Waals surface area contributed by atoms with E-state index in [1.54, 1.807) is 41.3 Å². The summed E-state index contributed by atoms with van der Waals surface area (Å²) in [5, 5.41) is 4.20. The molecular weight excluding hydrogens is 507 g/mol. The molecule has 0 spiro atoms. The van der Waals surface area contributed by atoms with Crippen molar-refractivity contribution < 1.29 is 14.3 Å². The van der Waals surface area contributed by atoms with Gasteiger partial charge in [-0.1, -0.05) is 96.0 Å². The van der Waals surface area contributed by atoms with Gasteiger partial charge in [-0.15, -0.1) is 0 Å². The van der Waals surface area contributed by atoms with Gasteiger partial charge >= 0.3 is 0 Å². The molecule has 4 rings (SSSR count). The number of para-hydroxylation sites is 1. The van der Waals surface area contributed by atoms with Gasteiger partial charge in [-0.2, -0.15) is 0 Å². The SMILES string of the molecule is O=C(NCc1ccc(Cl)cc1)C(c1ccccc1)N(Cc1ccc(Cl)cc1)C(=O)COc1ccccc1. The average molecular weight is 533 g/mol. The highest BCUT2D eigenvalue weighted by molar-refractivity contribution is 6.30. The Kier molecular flexibility index (Phi) is 9.19. The van der Waals surface area contributed by atoms with E-state index in [4.69, 9.17) is 27.9 Å². The van der Waals surface area contributed by atoms with Gasteiger partial charge in [0.15, 0.2) is 6.61 Å². The van der Waals surface area contributed by atoms with Crippen molar-refractivity contribution in [2.24, 2.45) is 0 Å². The third kappa shape index (κ3) is 7.59. The normalized spacial score (nSPS) is 11.4. The summed E-state index contributed by atoms with van der Waals surface area (Å²) in [4.78, 5) is 28.8. The molecule has 0 aliphatic rings. The molecule has 4 aromatic rings. The second-order valence-electron chi connectivity index (χ2n) is 8.41. The third-order valence-electron chi connectivity index (χ3n) is 5.75. The Hall–Kier alpha value is -3.80. The van der Waals surface area contributed by atoms with E-state index in [9.17, 15) is 9.59 Å². The van der Waals surface area contributed by atoms with E-state index >= 15 is 0 Å². The fourth-order valence-electron chi connectivity index (χ4n) is 3.85. The molecule has 1 N–H and O–H groups in total. The summed E-state index contributed by atoms with van der Waals surface area (Å²) in [6.45, 7) is 0.274. The molecule has 0 bridgehead atoms. The summed E-state index contributed by atoms with van der Waals surface area (Å²) in [5.74, 6) is -0.0526. The van der Waals surface area contributed by atoms with E-state index in [0.717, 1.165) is 11.1 Å². The molecule has 5 nitrogen and oxygen atoms in total. The molecule has 0 aliphatic heterocycles. The largest absolute Gasteiger partial charge is 0.484 e. The molecule has 0 saturated heterocycles. The van der Waals surface area contributed by atoms with Crippen LogP contribution in [0.15, 0.2) is 109 Å². The number of rotatable bonds is 10. The minimum Gasteiger partial charge on any atom is -0.484 e. The highest BCUT2D eigenvalue weighted by atomic mass is 35.5. The van der Waals surface area contributed by atoms with Crippen molar-refractivity contribution in [3.05, 3.63) is 136 Å². The average Bonchev–Trinajstić information content (AvgIpc) is 2.93. The highest BCUT2D eigenvalue weighted by Gasteiger charge is 2.31. The van der Waals surface area contributed by atoms with E-state index in [-0.39, 0.29) is 25.0 Å². The number of carbonyl (C=O) groups is 2. The van der Waals surface area contributed by atoms with Crippen LogP contribution in [-0.4, -0.2) is 23.3 Å². The molecule has 2 amide bonds. The topological polar surface area (TPSA) is 58.6 Å². The molecule has 0 aliphatic carbocycles. The van der Waals surface area contributed by atoms with Gasteiger partial charge in [-0.3, -0.25) is 9.59 Å². The minimum absolute atomic E-state index is 0.197. The van der Waals surface area contributed by atoms with Crippen LogP contribution in [0.25, 0.3) is 0 Å². The number of halogens is 2. The predicted molar refractivity (Wildman–Crippen MR) is 146 cm³/mol. The van der Waals surface area contributed by atoms with Gasteiger partial charge < -0.3 is 15.0 Å². The zero-order chi connectivity index (χ0) is 26.0. The predicted octanol–water partition coefficient (Wildman–Crippen LogP) is 6.46. The van der Waals surface area contributed by atoms with Crippen molar-refractivity contribution in [2.45, 2.75) is 19.1 Å². The van der Waals surface area contributed by atoms with Gasteiger partial charge in [0.2, 0.25) is 5.91 Å². The zero-order valence-electron chi connectivity index (χ0n) is 20.0. The summed E-state index contributed by atoms with van der Waals surface area (Å²) in [6.07, 6.45) is 0. The van der Waals surface area contributed by atoms with E-state index in [0.29, 0.717) is 27.9 Å². The molecule has 37 heavy (non-hydrogen) atoms. The molecule has 188 valence electrons. The second kappa shape index (κ2) is 12.9. The van der Waals surface area contributed by atoms with Crippen molar-refractivity contribution >= 4 is 35.0 Å². The Bertz CT molecular complexity index is 1300. The Morgan fingerprint density at radius 2 is 1.27 bits per heavy atom. The molecule has 0 saturated carbocycles. The Morgan fingerprint density at radius 1 is 0.730 bits per heavy atom. The molecule has 0 heterocycles. The Balaban J connectivity index is 1.62. The maximum absolute atomic E-state index is 13.7. The zero-order valence-corrected chi connectivity index (χ0v) is 21.5. The number of ether oxygens (including phenoxy) is 1. The quantitative estimate of drug-likeness (QED) is 0.255. The summed E-state index contributed by atoms with van der Waals surface area (Å²) in [6, 6.07) is 31.9. The molecule has 1 atom stereocenters. The fourth-order valence-corrected chi connectivity index (χ4v) is 4.10. The number of nitrogens with one attached hydrogen (secondary N) is 1. The number of amides is 2. The van der Waals surface area contributed by atoms with Crippen molar-refractivity contribution in [1.29, 1.82) is 0 Å². The van der Waals surface area contributed by atoms with Crippen LogP contribution >= 0.6 is 23.2 Å². The lowest BCUT2D eigenvalue weighted by Crippen LogP contribution is -2.45. The van der Waals surface area contributed by atoms with Crippen LogP contribution in [0.1, 0.15) is 22.7 Å². The van der Waals surface area contributed by atoms with Crippen molar-refractivity contribution in [3.63, 3.8) is 0 Å². The summed E-state index contributed by atoms with van der Waals surface area (Å²) in [5.41, 5.74) is 2.43. The molecule has 0 fully saturated rings.